The summed E-state index contributed by atoms with van der Waals surface area (Å²) in [5.74, 6) is -3.93. The number of aromatic nitrogens is 2. The fourth-order valence-electron chi connectivity index (χ4n) is 3.69. The summed E-state index contributed by atoms with van der Waals surface area (Å²) in [4.78, 5) is 47.7. The molecule has 1 spiro atoms. The average Bonchev–Trinajstić information content (AvgIpc) is 3.19. The minimum Gasteiger partial charge on any atom is -0.323 e. The standard InChI is InChI=1S/C19H18F2N4O3S/c1-11-14(12-3-2-8-22-9-12)29-15(23-11)13(26)10-25-16(27)18(24-17(25)28)4-6-19(20,21)7-5-18/h2-3,8-9H,4-7,10H2,1H3,(H,24,28). The fourth-order valence-corrected chi connectivity index (χ4v) is 4.68. The molecule has 1 aliphatic carbocycles. The maximum Gasteiger partial charge on any atom is 0.325 e. The minimum atomic E-state index is -2.83. The van der Waals surface area contributed by atoms with E-state index in [1.54, 1.807) is 25.4 Å². The number of nitrogens with one attached hydrogen (secondary N) is 1. The van der Waals surface area contributed by atoms with Gasteiger partial charge in [-0.1, -0.05) is 6.07 Å². The summed E-state index contributed by atoms with van der Waals surface area (Å²) in [5, 5.41) is 2.71. The molecule has 2 aromatic rings. The van der Waals surface area contributed by atoms with Crippen molar-refractivity contribution >= 4 is 29.1 Å². The lowest BCUT2D eigenvalue weighted by Gasteiger charge is -2.34. The molecule has 1 aliphatic heterocycles. The number of carbonyl (C=O) groups is 3. The lowest BCUT2D eigenvalue weighted by Crippen LogP contribution is -2.51. The van der Waals surface area contributed by atoms with Gasteiger partial charge in [0.25, 0.3) is 5.91 Å². The van der Waals surface area contributed by atoms with E-state index in [9.17, 15) is 23.2 Å². The van der Waals surface area contributed by atoms with Crippen LogP contribution in [-0.4, -0.2) is 50.6 Å². The first-order valence-electron chi connectivity index (χ1n) is 9.14. The van der Waals surface area contributed by atoms with Crippen LogP contribution < -0.4 is 5.32 Å². The SMILES string of the molecule is Cc1nc(C(=O)CN2C(=O)NC3(CCC(F)(F)CC3)C2=O)sc1-c1cccnc1. The molecule has 1 saturated heterocycles. The smallest absolute Gasteiger partial charge is 0.323 e. The lowest BCUT2D eigenvalue weighted by molar-refractivity contribution is -0.135. The van der Waals surface area contributed by atoms with Gasteiger partial charge in [0.05, 0.1) is 17.1 Å². The second-order valence-electron chi connectivity index (χ2n) is 7.36. The maximum atomic E-state index is 13.5. The van der Waals surface area contributed by atoms with Gasteiger partial charge in [0.1, 0.15) is 5.54 Å². The largest absolute Gasteiger partial charge is 0.325 e. The van der Waals surface area contributed by atoms with Gasteiger partial charge in [-0.25, -0.2) is 18.6 Å². The van der Waals surface area contributed by atoms with Gasteiger partial charge in [0.2, 0.25) is 11.7 Å². The van der Waals surface area contributed by atoms with Crippen molar-refractivity contribution in [2.24, 2.45) is 0 Å². The van der Waals surface area contributed by atoms with Crippen molar-refractivity contribution in [3.05, 3.63) is 35.2 Å². The molecule has 0 unspecified atom stereocenters. The molecule has 2 fully saturated rings. The van der Waals surface area contributed by atoms with Gasteiger partial charge in [-0.05, 0) is 25.8 Å². The maximum absolute atomic E-state index is 13.5. The van der Waals surface area contributed by atoms with Crippen LogP contribution in [0.1, 0.15) is 41.2 Å². The van der Waals surface area contributed by atoms with Crippen LogP contribution in [0, 0.1) is 6.92 Å². The molecule has 1 saturated carbocycles. The molecule has 0 bridgehead atoms. The Morgan fingerprint density at radius 2 is 2.00 bits per heavy atom. The van der Waals surface area contributed by atoms with E-state index in [2.05, 4.69) is 15.3 Å². The van der Waals surface area contributed by atoms with Crippen LogP contribution in [0.25, 0.3) is 10.4 Å². The zero-order valence-corrected chi connectivity index (χ0v) is 16.4. The van der Waals surface area contributed by atoms with Crippen molar-refractivity contribution in [1.29, 1.82) is 0 Å². The van der Waals surface area contributed by atoms with Crippen LogP contribution in [0.4, 0.5) is 13.6 Å². The molecule has 4 rings (SSSR count). The molecule has 7 nitrogen and oxygen atoms in total. The summed E-state index contributed by atoms with van der Waals surface area (Å²) in [6.45, 7) is 1.29. The van der Waals surface area contributed by atoms with Gasteiger partial charge < -0.3 is 5.32 Å². The van der Waals surface area contributed by atoms with Crippen molar-refractivity contribution in [2.45, 2.75) is 44.1 Å². The summed E-state index contributed by atoms with van der Waals surface area (Å²) < 4.78 is 26.9. The Balaban J connectivity index is 1.51. The number of pyridine rings is 1. The molecule has 2 aliphatic rings. The molecular formula is C19H18F2N4O3S. The van der Waals surface area contributed by atoms with Crippen LogP contribution in [-0.2, 0) is 4.79 Å². The number of Topliss-reactive ketones (excluding diaryl/α,β-unsaturated/α-hetero) is 1. The van der Waals surface area contributed by atoms with Crippen LogP contribution in [0.3, 0.4) is 0 Å². The summed E-state index contributed by atoms with van der Waals surface area (Å²) >= 11 is 1.16. The van der Waals surface area contributed by atoms with E-state index < -0.39 is 48.6 Å². The van der Waals surface area contributed by atoms with Gasteiger partial charge >= 0.3 is 6.03 Å². The first-order chi connectivity index (χ1) is 13.7. The van der Waals surface area contributed by atoms with Crippen LogP contribution in [0.5, 0.6) is 0 Å². The lowest BCUT2D eigenvalue weighted by atomic mass is 9.80. The Hall–Kier alpha value is -2.75. The van der Waals surface area contributed by atoms with E-state index in [1.807, 2.05) is 6.07 Å². The van der Waals surface area contributed by atoms with Crippen LogP contribution in [0.15, 0.2) is 24.5 Å². The first-order valence-corrected chi connectivity index (χ1v) is 9.95. The van der Waals surface area contributed by atoms with Crippen molar-refractivity contribution < 1.29 is 23.2 Å². The minimum absolute atomic E-state index is 0.142. The molecule has 3 amide bonds. The molecular weight excluding hydrogens is 402 g/mol. The summed E-state index contributed by atoms with van der Waals surface area (Å²) in [5.41, 5.74) is 0.131. The van der Waals surface area contributed by atoms with E-state index in [0.29, 0.717) is 5.69 Å². The second kappa shape index (κ2) is 6.94. The quantitative estimate of drug-likeness (QED) is 0.606. The van der Waals surface area contributed by atoms with Crippen molar-refractivity contribution in [3.63, 3.8) is 0 Å². The van der Waals surface area contributed by atoms with E-state index in [-0.39, 0.29) is 17.8 Å². The van der Waals surface area contributed by atoms with E-state index in [4.69, 9.17) is 0 Å². The summed E-state index contributed by atoms with van der Waals surface area (Å²) in [6, 6.07) is 2.90. The molecule has 0 atom stereocenters. The number of nitrogens with zero attached hydrogens (tertiary/aromatic N) is 3. The van der Waals surface area contributed by atoms with Gasteiger partial charge in [0, 0.05) is 30.8 Å². The average molecular weight is 420 g/mol. The Morgan fingerprint density at radius 3 is 2.66 bits per heavy atom. The monoisotopic (exact) mass is 420 g/mol. The van der Waals surface area contributed by atoms with E-state index in [0.717, 1.165) is 26.7 Å². The van der Waals surface area contributed by atoms with Gasteiger partial charge in [-0.15, -0.1) is 11.3 Å². The molecule has 3 heterocycles. The third-order valence-electron chi connectivity index (χ3n) is 5.34. The van der Waals surface area contributed by atoms with Crippen molar-refractivity contribution in [2.75, 3.05) is 6.54 Å². The predicted octanol–water partition coefficient (Wildman–Crippen LogP) is 3.20. The number of urea groups is 1. The number of carbonyl (C=O) groups excluding carboxylic acids is 3. The zero-order valence-electron chi connectivity index (χ0n) is 15.6. The molecule has 1 N–H and O–H groups in total. The highest BCUT2D eigenvalue weighted by Gasteiger charge is 2.55. The van der Waals surface area contributed by atoms with E-state index >= 15 is 0 Å². The molecule has 2 aromatic heterocycles. The normalized spacial score (nSPS) is 20.2. The number of aryl methyl sites for hydroxylation is 1. The van der Waals surface area contributed by atoms with Crippen molar-refractivity contribution in [1.82, 2.24) is 20.2 Å². The number of imide groups is 1. The predicted molar refractivity (Wildman–Crippen MR) is 101 cm³/mol. The number of alkyl halides is 2. The highest BCUT2D eigenvalue weighted by molar-refractivity contribution is 7.17. The Bertz CT molecular complexity index is 983. The van der Waals surface area contributed by atoms with E-state index in [1.165, 1.54) is 0 Å². The number of halogens is 2. The number of hydrogen-bond acceptors (Lipinski definition) is 6. The highest BCUT2D eigenvalue weighted by atomic mass is 32.1. The highest BCUT2D eigenvalue weighted by Crippen LogP contribution is 2.41. The Kier molecular flexibility index (Phi) is 4.68. The number of hydrogen-bond donors (Lipinski definition) is 1. The molecule has 0 aromatic carbocycles. The number of thiazole rings is 1. The Morgan fingerprint density at radius 1 is 1.28 bits per heavy atom. The number of ketones is 1. The van der Waals surface area contributed by atoms with Gasteiger partial charge in [-0.3, -0.25) is 19.5 Å². The fraction of sp³-hybridized carbons (Fsp3) is 0.421. The number of rotatable bonds is 4. The third kappa shape index (κ3) is 3.52. The Labute approximate surface area is 169 Å². The first kappa shape index (κ1) is 19.6. The zero-order chi connectivity index (χ0) is 20.8. The topological polar surface area (TPSA) is 92.3 Å². The third-order valence-corrected chi connectivity index (χ3v) is 6.59. The molecule has 10 heteroatoms. The molecule has 29 heavy (non-hydrogen) atoms. The van der Waals surface area contributed by atoms with Crippen molar-refractivity contribution in [3.8, 4) is 10.4 Å². The second-order valence-corrected chi connectivity index (χ2v) is 8.36. The molecule has 152 valence electrons. The van der Waals surface area contributed by atoms with Gasteiger partial charge in [0.15, 0.2) is 5.01 Å². The summed E-state index contributed by atoms with van der Waals surface area (Å²) in [6.07, 6.45) is 2.07. The van der Waals surface area contributed by atoms with Crippen LogP contribution >= 0.6 is 11.3 Å². The van der Waals surface area contributed by atoms with Gasteiger partial charge in [-0.2, -0.15) is 0 Å². The number of amides is 3. The molecule has 0 radical (unpaired) electrons. The summed E-state index contributed by atoms with van der Waals surface area (Å²) in [7, 11) is 0. The van der Waals surface area contributed by atoms with Crippen LogP contribution in [0.2, 0.25) is 0 Å².